The predicted octanol–water partition coefficient (Wildman–Crippen LogP) is 6.85. The molecule has 0 atom stereocenters. The van der Waals surface area contributed by atoms with Gasteiger partial charge in [0, 0.05) is 17.3 Å². The van der Waals surface area contributed by atoms with Crippen molar-refractivity contribution < 1.29 is 13.2 Å². The third-order valence-electron chi connectivity index (χ3n) is 7.58. The number of hydrogen-bond donors (Lipinski definition) is 2. The van der Waals surface area contributed by atoms with Crippen LogP contribution in [0.4, 0.5) is 5.69 Å². The lowest BCUT2D eigenvalue weighted by molar-refractivity contribution is -0.115. The van der Waals surface area contributed by atoms with Crippen molar-refractivity contribution in [2.75, 3.05) is 5.32 Å². The first-order valence-corrected chi connectivity index (χ1v) is 14.3. The smallest absolute Gasteiger partial charge is 0.264 e. The first kappa shape index (κ1) is 26.7. The molecule has 4 rings (SSSR count). The topological polar surface area (TPSA) is 75.3 Å². The van der Waals surface area contributed by atoms with E-state index in [0.29, 0.717) is 11.6 Å². The van der Waals surface area contributed by atoms with Crippen LogP contribution in [0.1, 0.15) is 60.4 Å². The van der Waals surface area contributed by atoms with E-state index in [9.17, 15) is 13.2 Å². The zero-order chi connectivity index (χ0) is 26.7. The summed E-state index contributed by atoms with van der Waals surface area (Å²) in [5.74, 6) is -0.632. The molecule has 3 aromatic rings. The summed E-state index contributed by atoms with van der Waals surface area (Å²) in [5.41, 5.74) is 9.25. The van der Waals surface area contributed by atoms with E-state index in [1.54, 1.807) is 31.2 Å². The summed E-state index contributed by atoms with van der Waals surface area (Å²) in [7, 11) is -3.93. The molecule has 1 aliphatic rings. The molecule has 0 aromatic heterocycles. The summed E-state index contributed by atoms with van der Waals surface area (Å²) in [6, 6.07) is 17.2. The molecule has 194 valence electrons. The lowest BCUT2D eigenvalue weighted by atomic mass is 9.85. The van der Waals surface area contributed by atoms with E-state index in [4.69, 9.17) is 0 Å². The molecule has 3 aromatic carbocycles. The molecule has 0 radical (unpaired) electrons. The molecule has 0 unspecified atom stereocenters. The van der Waals surface area contributed by atoms with Crippen LogP contribution in [0.15, 0.2) is 65.1 Å². The van der Waals surface area contributed by atoms with Gasteiger partial charge in [0.1, 0.15) is 0 Å². The zero-order valence-corrected chi connectivity index (χ0v) is 23.1. The van der Waals surface area contributed by atoms with Gasteiger partial charge in [0.15, 0.2) is 0 Å². The van der Waals surface area contributed by atoms with Gasteiger partial charge in [-0.05, 0) is 117 Å². The van der Waals surface area contributed by atoms with Crippen molar-refractivity contribution >= 4 is 27.7 Å². The van der Waals surface area contributed by atoms with Crippen molar-refractivity contribution in [2.24, 2.45) is 0 Å². The minimum absolute atomic E-state index is 0.0593. The number of anilines is 1. The minimum Gasteiger partial charge on any atom is -0.382 e. The third-order valence-corrected chi connectivity index (χ3v) is 8.93. The molecular weight excluding hydrogens is 480 g/mol. The summed E-state index contributed by atoms with van der Waals surface area (Å²) in [4.78, 5) is 12.9. The van der Waals surface area contributed by atoms with Gasteiger partial charge < -0.3 is 5.32 Å². The molecule has 37 heavy (non-hydrogen) atoms. The van der Waals surface area contributed by atoms with Gasteiger partial charge in [0.25, 0.3) is 15.9 Å². The molecule has 1 amide bonds. The maximum absolute atomic E-state index is 12.8. The maximum Gasteiger partial charge on any atom is 0.264 e. The molecule has 0 saturated heterocycles. The highest BCUT2D eigenvalue weighted by Crippen LogP contribution is 2.36. The molecule has 0 bridgehead atoms. The van der Waals surface area contributed by atoms with Crippen molar-refractivity contribution in [3.8, 4) is 11.1 Å². The number of nitrogens with one attached hydrogen (secondary N) is 2. The lowest BCUT2D eigenvalue weighted by Crippen LogP contribution is -2.31. The summed E-state index contributed by atoms with van der Waals surface area (Å²) >= 11 is 0. The number of carbonyl (C=O) groups excluding carboxylic acids is 1. The van der Waals surface area contributed by atoms with Crippen LogP contribution in [-0.2, 0) is 14.8 Å². The molecular formula is C31H36N2O3S. The van der Waals surface area contributed by atoms with E-state index in [0.717, 1.165) is 39.1 Å². The van der Waals surface area contributed by atoms with Gasteiger partial charge in [-0.3, -0.25) is 4.79 Å². The second-order valence-corrected chi connectivity index (χ2v) is 11.7. The van der Waals surface area contributed by atoms with Gasteiger partial charge in [-0.1, -0.05) is 43.2 Å². The Morgan fingerprint density at radius 2 is 1.41 bits per heavy atom. The Hall–Kier alpha value is -3.38. The van der Waals surface area contributed by atoms with Gasteiger partial charge in [-0.15, -0.1) is 0 Å². The summed E-state index contributed by atoms with van der Waals surface area (Å²) in [5, 5.41) is 3.65. The highest BCUT2D eigenvalue weighted by molar-refractivity contribution is 7.90. The van der Waals surface area contributed by atoms with Gasteiger partial charge in [-0.2, -0.15) is 0 Å². The van der Waals surface area contributed by atoms with Crippen molar-refractivity contribution in [3.05, 3.63) is 88.0 Å². The Labute approximate surface area is 221 Å². The second kappa shape index (κ2) is 10.9. The van der Waals surface area contributed by atoms with E-state index in [1.165, 1.54) is 43.4 Å². The van der Waals surface area contributed by atoms with Crippen LogP contribution in [0.25, 0.3) is 17.2 Å². The van der Waals surface area contributed by atoms with Crippen molar-refractivity contribution in [1.29, 1.82) is 0 Å². The van der Waals surface area contributed by atoms with E-state index in [-0.39, 0.29) is 4.90 Å². The van der Waals surface area contributed by atoms with Crippen LogP contribution >= 0.6 is 0 Å². The Morgan fingerprint density at radius 1 is 0.838 bits per heavy atom. The number of sulfonamides is 1. The van der Waals surface area contributed by atoms with Crippen molar-refractivity contribution in [3.63, 3.8) is 0 Å². The quantitative estimate of drug-likeness (QED) is 0.337. The van der Waals surface area contributed by atoms with Crippen LogP contribution in [0.3, 0.4) is 0 Å². The number of amides is 1. The Kier molecular flexibility index (Phi) is 7.88. The van der Waals surface area contributed by atoms with E-state index < -0.39 is 15.9 Å². The molecule has 1 saturated carbocycles. The van der Waals surface area contributed by atoms with Gasteiger partial charge >= 0.3 is 0 Å². The fraction of sp³-hybridized carbons (Fsp3) is 0.323. The molecule has 0 aliphatic heterocycles. The Balaban J connectivity index is 1.60. The van der Waals surface area contributed by atoms with E-state index in [1.807, 2.05) is 0 Å². The van der Waals surface area contributed by atoms with Crippen LogP contribution in [0, 0.1) is 27.7 Å². The molecule has 6 heteroatoms. The standard InChI is InChI=1S/C31H36N2O3S/c1-20(31(34)33-37(35,36)28-13-7-6-8-14-28)19-29-21(2)23(4)30(24(5)22(29)3)25-15-17-27(18-16-25)32-26-11-9-10-12-26/h6-8,13-19,26,32H,9-12H2,1-5H3,(H,33,34). The highest BCUT2D eigenvalue weighted by atomic mass is 32.2. The van der Waals surface area contributed by atoms with Gasteiger partial charge in [0.2, 0.25) is 0 Å². The predicted molar refractivity (Wildman–Crippen MR) is 152 cm³/mol. The molecule has 1 aliphatic carbocycles. The third kappa shape index (κ3) is 5.80. The molecule has 0 heterocycles. The van der Waals surface area contributed by atoms with Crippen molar-refractivity contribution in [2.45, 2.75) is 71.2 Å². The molecule has 0 spiro atoms. The normalized spacial score (nSPS) is 14.6. The van der Waals surface area contributed by atoms with Gasteiger partial charge in [0.05, 0.1) is 4.90 Å². The fourth-order valence-electron chi connectivity index (χ4n) is 5.17. The summed E-state index contributed by atoms with van der Waals surface area (Å²) in [6.07, 6.45) is 6.87. The minimum atomic E-state index is -3.93. The zero-order valence-electron chi connectivity index (χ0n) is 22.3. The lowest BCUT2D eigenvalue weighted by Gasteiger charge is -2.20. The number of hydrogen-bond acceptors (Lipinski definition) is 4. The highest BCUT2D eigenvalue weighted by Gasteiger charge is 2.20. The maximum atomic E-state index is 12.8. The molecule has 5 nitrogen and oxygen atoms in total. The second-order valence-electron chi connectivity index (χ2n) is 10.1. The fourth-order valence-corrected chi connectivity index (χ4v) is 6.21. The average Bonchev–Trinajstić information content (AvgIpc) is 3.40. The van der Waals surface area contributed by atoms with Crippen LogP contribution in [0.5, 0.6) is 0 Å². The van der Waals surface area contributed by atoms with Crippen LogP contribution < -0.4 is 10.0 Å². The van der Waals surface area contributed by atoms with Gasteiger partial charge in [-0.25, -0.2) is 13.1 Å². The van der Waals surface area contributed by atoms with E-state index >= 15 is 0 Å². The SMILES string of the molecule is CC(=Cc1c(C)c(C)c(-c2ccc(NC3CCCC3)cc2)c(C)c1C)C(=O)NS(=O)(=O)c1ccccc1. The monoisotopic (exact) mass is 516 g/mol. The molecule has 2 N–H and O–H groups in total. The number of carbonyl (C=O) groups is 1. The largest absolute Gasteiger partial charge is 0.382 e. The number of rotatable bonds is 7. The molecule has 1 fully saturated rings. The average molecular weight is 517 g/mol. The Bertz CT molecular complexity index is 1410. The van der Waals surface area contributed by atoms with E-state index in [2.05, 4.69) is 62.0 Å². The van der Waals surface area contributed by atoms with Crippen molar-refractivity contribution in [1.82, 2.24) is 4.72 Å². The Morgan fingerprint density at radius 3 is 1.97 bits per heavy atom. The van der Waals surface area contributed by atoms with Crippen LogP contribution in [-0.4, -0.2) is 20.4 Å². The summed E-state index contributed by atoms with van der Waals surface area (Å²) in [6.45, 7) is 9.96. The first-order valence-electron chi connectivity index (χ1n) is 12.9. The van der Waals surface area contributed by atoms with Crippen LogP contribution in [0.2, 0.25) is 0 Å². The number of benzene rings is 3. The summed E-state index contributed by atoms with van der Waals surface area (Å²) < 4.78 is 27.4. The first-order chi connectivity index (χ1) is 17.6.